The van der Waals surface area contributed by atoms with Crippen molar-refractivity contribution >= 4 is 0 Å². The normalized spacial score (nSPS) is 19.8. The molecule has 0 fully saturated rings. The Morgan fingerprint density at radius 3 is 2.17 bits per heavy atom. The highest BCUT2D eigenvalue weighted by atomic mass is 16.5. The molecule has 0 amide bonds. The number of hydrogen-bond acceptors (Lipinski definition) is 3. The minimum absolute atomic E-state index is 0.571. The molecule has 100 valence electrons. The molecule has 3 heteroatoms. The van der Waals surface area contributed by atoms with E-state index in [9.17, 15) is 0 Å². The SMILES string of the molecule is COc1cc2c(cc1OC)CN(C(C)C)C(C)C2. The summed E-state index contributed by atoms with van der Waals surface area (Å²) in [5, 5.41) is 0. The van der Waals surface area contributed by atoms with Gasteiger partial charge in [-0.1, -0.05) is 0 Å². The fraction of sp³-hybridized carbons (Fsp3) is 0.600. The maximum Gasteiger partial charge on any atom is 0.161 e. The van der Waals surface area contributed by atoms with Gasteiger partial charge in [0, 0.05) is 18.6 Å². The van der Waals surface area contributed by atoms with Gasteiger partial charge in [0.2, 0.25) is 0 Å². The Morgan fingerprint density at radius 1 is 1.11 bits per heavy atom. The highest BCUT2D eigenvalue weighted by Gasteiger charge is 2.26. The third-order valence-electron chi connectivity index (χ3n) is 3.80. The summed E-state index contributed by atoms with van der Waals surface area (Å²) >= 11 is 0. The van der Waals surface area contributed by atoms with E-state index < -0.39 is 0 Å². The number of nitrogens with zero attached hydrogens (tertiary/aromatic N) is 1. The molecule has 1 aromatic carbocycles. The van der Waals surface area contributed by atoms with Crippen LogP contribution in [0, 0.1) is 0 Å². The minimum Gasteiger partial charge on any atom is -0.493 e. The van der Waals surface area contributed by atoms with Gasteiger partial charge in [-0.05, 0) is 50.5 Å². The highest BCUT2D eigenvalue weighted by molar-refractivity contribution is 5.48. The Bertz CT molecular complexity index is 429. The summed E-state index contributed by atoms with van der Waals surface area (Å²) in [5.74, 6) is 1.66. The zero-order chi connectivity index (χ0) is 13.3. The average Bonchev–Trinajstić information content (AvgIpc) is 2.36. The van der Waals surface area contributed by atoms with Gasteiger partial charge in [0.05, 0.1) is 14.2 Å². The molecule has 1 unspecified atom stereocenters. The Kier molecular flexibility index (Phi) is 3.81. The van der Waals surface area contributed by atoms with E-state index in [1.807, 2.05) is 0 Å². The molecule has 1 aliphatic rings. The quantitative estimate of drug-likeness (QED) is 0.822. The number of fused-ring (bicyclic) bond motifs is 1. The Labute approximate surface area is 110 Å². The van der Waals surface area contributed by atoms with E-state index in [1.165, 1.54) is 11.1 Å². The lowest BCUT2D eigenvalue weighted by molar-refractivity contribution is 0.141. The van der Waals surface area contributed by atoms with Crippen molar-refractivity contribution in [3.05, 3.63) is 23.3 Å². The fourth-order valence-electron chi connectivity index (χ4n) is 2.78. The number of ether oxygens (including phenoxy) is 2. The zero-order valence-corrected chi connectivity index (χ0v) is 12.0. The minimum atomic E-state index is 0.571. The summed E-state index contributed by atoms with van der Waals surface area (Å²) < 4.78 is 10.8. The van der Waals surface area contributed by atoms with Gasteiger partial charge in [0.25, 0.3) is 0 Å². The van der Waals surface area contributed by atoms with E-state index in [2.05, 4.69) is 37.8 Å². The summed E-state index contributed by atoms with van der Waals surface area (Å²) in [6, 6.07) is 5.40. The van der Waals surface area contributed by atoms with Gasteiger partial charge in [-0.3, -0.25) is 4.90 Å². The number of rotatable bonds is 3. The van der Waals surface area contributed by atoms with Crippen molar-refractivity contribution in [1.29, 1.82) is 0 Å². The first-order chi connectivity index (χ1) is 8.56. The van der Waals surface area contributed by atoms with Crippen molar-refractivity contribution in [3.8, 4) is 11.5 Å². The van der Waals surface area contributed by atoms with Crippen molar-refractivity contribution in [2.45, 2.75) is 45.8 Å². The lowest BCUT2D eigenvalue weighted by Gasteiger charge is -2.38. The third-order valence-corrected chi connectivity index (χ3v) is 3.80. The molecule has 1 aliphatic heterocycles. The summed E-state index contributed by atoms with van der Waals surface area (Å²) in [4.78, 5) is 2.52. The van der Waals surface area contributed by atoms with Gasteiger partial charge in [-0.2, -0.15) is 0 Å². The van der Waals surface area contributed by atoms with E-state index in [0.29, 0.717) is 12.1 Å². The molecule has 1 heterocycles. The molecule has 0 N–H and O–H groups in total. The van der Waals surface area contributed by atoms with Crippen LogP contribution in [-0.4, -0.2) is 31.2 Å². The van der Waals surface area contributed by atoms with Crippen molar-refractivity contribution in [2.24, 2.45) is 0 Å². The molecule has 0 radical (unpaired) electrons. The molecule has 18 heavy (non-hydrogen) atoms. The smallest absolute Gasteiger partial charge is 0.161 e. The van der Waals surface area contributed by atoms with E-state index >= 15 is 0 Å². The molecule has 0 aliphatic carbocycles. The van der Waals surface area contributed by atoms with Crippen LogP contribution in [0.4, 0.5) is 0 Å². The summed E-state index contributed by atoms with van der Waals surface area (Å²) in [6.45, 7) is 7.79. The van der Waals surface area contributed by atoms with Crippen LogP contribution < -0.4 is 9.47 Å². The van der Waals surface area contributed by atoms with E-state index in [-0.39, 0.29) is 0 Å². The van der Waals surface area contributed by atoms with Crippen molar-refractivity contribution < 1.29 is 9.47 Å². The Balaban J connectivity index is 2.37. The van der Waals surface area contributed by atoms with E-state index in [0.717, 1.165) is 24.5 Å². The van der Waals surface area contributed by atoms with Crippen LogP contribution in [-0.2, 0) is 13.0 Å². The molecule has 2 rings (SSSR count). The largest absolute Gasteiger partial charge is 0.493 e. The van der Waals surface area contributed by atoms with Crippen LogP contribution in [0.15, 0.2) is 12.1 Å². The second-order valence-corrected chi connectivity index (χ2v) is 5.30. The van der Waals surface area contributed by atoms with Gasteiger partial charge in [-0.25, -0.2) is 0 Å². The Hall–Kier alpha value is -1.22. The molecule has 3 nitrogen and oxygen atoms in total. The van der Waals surface area contributed by atoms with Gasteiger partial charge in [0.1, 0.15) is 0 Å². The predicted octanol–water partition coefficient (Wildman–Crippen LogP) is 2.86. The van der Waals surface area contributed by atoms with Crippen LogP contribution in [0.5, 0.6) is 11.5 Å². The first-order valence-corrected chi connectivity index (χ1v) is 6.56. The first-order valence-electron chi connectivity index (χ1n) is 6.56. The topological polar surface area (TPSA) is 21.7 Å². The monoisotopic (exact) mass is 249 g/mol. The van der Waals surface area contributed by atoms with Crippen molar-refractivity contribution in [1.82, 2.24) is 4.90 Å². The second-order valence-electron chi connectivity index (χ2n) is 5.30. The maximum atomic E-state index is 5.38. The standard InChI is InChI=1S/C15H23NO2/c1-10(2)16-9-13-8-15(18-5)14(17-4)7-12(13)6-11(16)3/h7-8,10-11H,6,9H2,1-5H3. The molecule has 0 saturated carbocycles. The van der Waals surface area contributed by atoms with Gasteiger partial charge >= 0.3 is 0 Å². The average molecular weight is 249 g/mol. The maximum absolute atomic E-state index is 5.38. The van der Waals surface area contributed by atoms with Gasteiger partial charge in [0.15, 0.2) is 11.5 Å². The van der Waals surface area contributed by atoms with Crippen molar-refractivity contribution in [3.63, 3.8) is 0 Å². The van der Waals surface area contributed by atoms with Crippen molar-refractivity contribution in [2.75, 3.05) is 14.2 Å². The van der Waals surface area contributed by atoms with Gasteiger partial charge in [-0.15, -0.1) is 0 Å². The number of hydrogen-bond donors (Lipinski definition) is 0. The molecule has 0 saturated heterocycles. The lowest BCUT2D eigenvalue weighted by atomic mass is 9.93. The van der Waals surface area contributed by atoms with Gasteiger partial charge < -0.3 is 9.47 Å². The lowest BCUT2D eigenvalue weighted by Crippen LogP contribution is -2.42. The van der Waals surface area contributed by atoms with E-state index in [4.69, 9.17) is 9.47 Å². The van der Waals surface area contributed by atoms with Crippen LogP contribution in [0.25, 0.3) is 0 Å². The Morgan fingerprint density at radius 2 is 1.67 bits per heavy atom. The summed E-state index contributed by atoms with van der Waals surface area (Å²) in [6.07, 6.45) is 1.08. The fourth-order valence-corrected chi connectivity index (χ4v) is 2.78. The van der Waals surface area contributed by atoms with Crippen LogP contribution in [0.2, 0.25) is 0 Å². The molecular formula is C15H23NO2. The number of methoxy groups -OCH3 is 2. The molecule has 0 spiro atoms. The molecular weight excluding hydrogens is 226 g/mol. The summed E-state index contributed by atoms with van der Waals surface area (Å²) in [7, 11) is 3.38. The first kappa shape index (κ1) is 13.2. The molecule has 1 aromatic rings. The van der Waals surface area contributed by atoms with Crippen LogP contribution in [0.3, 0.4) is 0 Å². The number of benzene rings is 1. The highest BCUT2D eigenvalue weighted by Crippen LogP contribution is 2.35. The van der Waals surface area contributed by atoms with Crippen LogP contribution in [0.1, 0.15) is 31.9 Å². The zero-order valence-electron chi connectivity index (χ0n) is 12.0. The predicted molar refractivity (Wildman–Crippen MR) is 73.4 cm³/mol. The molecule has 1 atom stereocenters. The summed E-state index contributed by atoms with van der Waals surface area (Å²) in [5.41, 5.74) is 2.75. The molecule has 0 bridgehead atoms. The van der Waals surface area contributed by atoms with Crippen LogP contribution >= 0.6 is 0 Å². The second kappa shape index (κ2) is 5.19. The van der Waals surface area contributed by atoms with E-state index in [1.54, 1.807) is 14.2 Å². The third kappa shape index (κ3) is 2.32. The molecule has 0 aromatic heterocycles.